The number of benzene rings is 1. The summed E-state index contributed by atoms with van der Waals surface area (Å²) in [6.07, 6.45) is 0.841. The Balaban J connectivity index is 0.000000481. The Kier molecular flexibility index (Phi) is 10.7. The highest BCUT2D eigenvalue weighted by Crippen LogP contribution is 2.17. The standard InChI is InChI=1S/C9H8O4.C6H14N4O3/c1-6(10)13-8-5-3-2-4-7(8)9(11)12;7-4(5(11)12)2-1-3-9-6(8)10-13/h2-5H,1H3,(H,11,12);4,13H,1-3,7H2,(H,11,12)(H3,8,9,10)/t;4-/m.0/s1. The largest absolute Gasteiger partial charge is 0.480 e. The lowest BCUT2D eigenvalue weighted by Gasteiger charge is -2.03. The predicted octanol–water partition coefficient (Wildman–Crippen LogP) is -0.218. The maximum absolute atomic E-state index is 10.6. The van der Waals surface area contributed by atoms with E-state index in [2.05, 4.69) is 9.73 Å². The minimum absolute atomic E-state index is 0.0160. The van der Waals surface area contributed by atoms with Crippen molar-refractivity contribution in [2.45, 2.75) is 25.8 Å². The predicted molar refractivity (Wildman–Crippen MR) is 91.0 cm³/mol. The van der Waals surface area contributed by atoms with E-state index in [1.165, 1.54) is 19.1 Å². The van der Waals surface area contributed by atoms with Crippen LogP contribution < -0.4 is 21.7 Å². The van der Waals surface area contributed by atoms with E-state index in [0.717, 1.165) is 0 Å². The van der Waals surface area contributed by atoms with E-state index in [-0.39, 0.29) is 17.3 Å². The maximum Gasteiger partial charge on any atom is 0.339 e. The van der Waals surface area contributed by atoms with Gasteiger partial charge in [-0.2, -0.15) is 0 Å². The van der Waals surface area contributed by atoms with Crippen molar-refractivity contribution in [3.8, 4) is 5.75 Å². The molecule has 1 aromatic rings. The Morgan fingerprint density at radius 3 is 2.38 bits per heavy atom. The van der Waals surface area contributed by atoms with Gasteiger partial charge in [0.15, 0.2) is 0 Å². The van der Waals surface area contributed by atoms with Gasteiger partial charge in [-0.3, -0.25) is 19.8 Å². The van der Waals surface area contributed by atoms with Crippen LogP contribution in [0.4, 0.5) is 0 Å². The molecular formula is C15H22N4O7. The number of ether oxygens (including phenoxy) is 1. The van der Waals surface area contributed by atoms with Crippen LogP contribution in [0.5, 0.6) is 5.75 Å². The third-order valence-electron chi connectivity index (χ3n) is 2.76. The molecule has 0 aliphatic carbocycles. The van der Waals surface area contributed by atoms with Crippen LogP contribution in [-0.2, 0) is 9.59 Å². The molecule has 0 unspecified atom stereocenters. The summed E-state index contributed by atoms with van der Waals surface area (Å²) in [5.74, 6) is -2.70. The first-order chi connectivity index (χ1) is 12.2. The van der Waals surface area contributed by atoms with Crippen LogP contribution >= 0.6 is 0 Å². The zero-order valence-corrected chi connectivity index (χ0v) is 14.1. The molecule has 0 saturated carbocycles. The second kappa shape index (κ2) is 12.2. The van der Waals surface area contributed by atoms with Gasteiger partial charge in [-0.05, 0) is 25.0 Å². The zero-order valence-electron chi connectivity index (χ0n) is 14.1. The van der Waals surface area contributed by atoms with Crippen molar-refractivity contribution in [3.05, 3.63) is 29.8 Å². The van der Waals surface area contributed by atoms with Crippen LogP contribution in [-0.4, -0.2) is 51.9 Å². The molecule has 0 fully saturated rings. The number of rotatable bonds is 7. The van der Waals surface area contributed by atoms with Gasteiger partial charge in [-0.25, -0.2) is 10.3 Å². The molecule has 26 heavy (non-hydrogen) atoms. The first-order valence-corrected chi connectivity index (χ1v) is 7.38. The number of aliphatic imine (C=N–C) groups is 1. The molecule has 144 valence electrons. The van der Waals surface area contributed by atoms with Gasteiger partial charge < -0.3 is 26.4 Å². The van der Waals surface area contributed by atoms with Crippen molar-refractivity contribution in [2.75, 3.05) is 6.54 Å². The number of hydrogen-bond donors (Lipinski definition) is 6. The molecule has 0 aliphatic rings. The van der Waals surface area contributed by atoms with Crippen LogP contribution in [0.3, 0.4) is 0 Å². The third kappa shape index (κ3) is 9.85. The summed E-state index contributed by atoms with van der Waals surface area (Å²) in [6.45, 7) is 1.55. The molecule has 1 aromatic carbocycles. The Hall–Kier alpha value is -3.18. The average molecular weight is 370 g/mol. The second-order valence-corrected chi connectivity index (χ2v) is 4.86. The summed E-state index contributed by atoms with van der Waals surface area (Å²) in [5.41, 5.74) is 12.0. The number of nitrogens with two attached hydrogens (primary N) is 2. The number of hydrogen-bond acceptors (Lipinski definition) is 7. The minimum atomic E-state index is -1.11. The van der Waals surface area contributed by atoms with Gasteiger partial charge in [0.2, 0.25) is 5.96 Å². The zero-order chi connectivity index (χ0) is 20.1. The van der Waals surface area contributed by atoms with Crippen LogP contribution in [0.1, 0.15) is 30.1 Å². The fourth-order valence-corrected chi connectivity index (χ4v) is 1.56. The first-order valence-electron chi connectivity index (χ1n) is 7.38. The highest BCUT2D eigenvalue weighted by atomic mass is 16.5. The van der Waals surface area contributed by atoms with Gasteiger partial charge in [0, 0.05) is 13.5 Å². The van der Waals surface area contributed by atoms with Gasteiger partial charge in [0.25, 0.3) is 0 Å². The normalized spacial score (nSPS) is 11.6. The quantitative estimate of drug-likeness (QED) is 0.0931. The number of guanidine groups is 1. The molecule has 0 aromatic heterocycles. The van der Waals surface area contributed by atoms with E-state index in [4.69, 9.17) is 26.9 Å². The summed E-state index contributed by atoms with van der Waals surface area (Å²) >= 11 is 0. The Bertz CT molecular complexity index is 649. The number of carbonyl (C=O) groups excluding carboxylic acids is 1. The smallest absolute Gasteiger partial charge is 0.339 e. The lowest BCUT2D eigenvalue weighted by Crippen LogP contribution is -2.30. The summed E-state index contributed by atoms with van der Waals surface area (Å²) in [6, 6.07) is 5.12. The van der Waals surface area contributed by atoms with Crippen molar-refractivity contribution >= 4 is 23.9 Å². The number of aromatic carboxylic acids is 1. The molecular weight excluding hydrogens is 348 g/mol. The topological polar surface area (TPSA) is 198 Å². The molecule has 0 radical (unpaired) electrons. The highest BCUT2D eigenvalue weighted by molar-refractivity contribution is 5.91. The molecule has 11 heteroatoms. The maximum atomic E-state index is 10.6. The van der Waals surface area contributed by atoms with Gasteiger partial charge in [-0.15, -0.1) is 0 Å². The first kappa shape index (κ1) is 22.8. The van der Waals surface area contributed by atoms with Crippen molar-refractivity contribution in [1.29, 1.82) is 0 Å². The molecule has 0 heterocycles. The number of esters is 1. The Labute approximate surface area is 149 Å². The summed E-state index contributed by atoms with van der Waals surface area (Å²) in [7, 11) is 0. The Morgan fingerprint density at radius 1 is 1.27 bits per heavy atom. The van der Waals surface area contributed by atoms with Gasteiger partial charge >= 0.3 is 17.9 Å². The highest BCUT2D eigenvalue weighted by Gasteiger charge is 2.11. The number of nitrogens with one attached hydrogen (secondary N) is 1. The third-order valence-corrected chi connectivity index (χ3v) is 2.76. The van der Waals surface area contributed by atoms with E-state index >= 15 is 0 Å². The van der Waals surface area contributed by atoms with Crippen LogP contribution in [0.2, 0.25) is 0 Å². The molecule has 0 bridgehead atoms. The number of carboxylic acids is 2. The Morgan fingerprint density at radius 2 is 1.88 bits per heavy atom. The van der Waals surface area contributed by atoms with Gasteiger partial charge in [0.1, 0.15) is 17.4 Å². The van der Waals surface area contributed by atoms with Crippen LogP contribution in [0.25, 0.3) is 0 Å². The average Bonchev–Trinajstić information content (AvgIpc) is 2.58. The lowest BCUT2D eigenvalue weighted by atomic mass is 10.2. The number of carboxylic acid groups (broad SMARTS) is 2. The number of hydroxylamine groups is 1. The van der Waals surface area contributed by atoms with Crippen LogP contribution in [0.15, 0.2) is 29.3 Å². The van der Waals surface area contributed by atoms with Crippen LogP contribution in [0, 0.1) is 0 Å². The van der Waals surface area contributed by atoms with E-state index in [1.54, 1.807) is 17.6 Å². The van der Waals surface area contributed by atoms with Crippen molar-refractivity contribution < 1.29 is 34.5 Å². The summed E-state index contributed by atoms with van der Waals surface area (Å²) in [5, 5.41) is 25.3. The monoisotopic (exact) mass is 370 g/mol. The molecule has 0 aliphatic heterocycles. The van der Waals surface area contributed by atoms with Gasteiger partial charge in [-0.1, -0.05) is 12.1 Å². The van der Waals surface area contributed by atoms with Crippen molar-refractivity contribution in [1.82, 2.24) is 5.48 Å². The summed E-state index contributed by atoms with van der Waals surface area (Å²) < 4.78 is 4.69. The number of carbonyl (C=O) groups is 3. The molecule has 1 rings (SSSR count). The van der Waals surface area contributed by atoms with Crippen molar-refractivity contribution in [3.63, 3.8) is 0 Å². The van der Waals surface area contributed by atoms with Gasteiger partial charge in [0.05, 0.1) is 0 Å². The number of nitrogens with zero attached hydrogens (tertiary/aromatic N) is 1. The fourth-order valence-electron chi connectivity index (χ4n) is 1.56. The summed E-state index contributed by atoms with van der Waals surface area (Å²) in [4.78, 5) is 35.1. The second-order valence-electron chi connectivity index (χ2n) is 4.86. The molecule has 8 N–H and O–H groups in total. The minimum Gasteiger partial charge on any atom is -0.480 e. The molecule has 0 spiro atoms. The SMILES string of the molecule is CC(=O)Oc1ccccc1C(=O)O.NC(=NCCC[C@H](N)C(=O)O)NO. The number of aliphatic carboxylic acids is 1. The molecule has 0 saturated heterocycles. The van der Waals surface area contributed by atoms with E-state index in [1.807, 2.05) is 0 Å². The number of para-hydroxylation sites is 1. The van der Waals surface area contributed by atoms with E-state index in [0.29, 0.717) is 19.4 Å². The van der Waals surface area contributed by atoms with Crippen molar-refractivity contribution in [2.24, 2.45) is 16.5 Å². The molecule has 11 nitrogen and oxygen atoms in total. The molecule has 0 amide bonds. The van der Waals surface area contributed by atoms with E-state index in [9.17, 15) is 14.4 Å². The van der Waals surface area contributed by atoms with E-state index < -0.39 is 23.9 Å². The molecule has 1 atom stereocenters. The fraction of sp³-hybridized carbons (Fsp3) is 0.333. The lowest BCUT2D eigenvalue weighted by molar-refractivity contribution is -0.138.